The van der Waals surface area contributed by atoms with Crippen molar-refractivity contribution in [3.8, 4) is 0 Å². The molecule has 0 aliphatic heterocycles. The molecule has 3 rings (SSSR count). The maximum atomic E-state index is 14.0. The maximum Gasteiger partial charge on any atom is 0.278 e. The van der Waals surface area contributed by atoms with E-state index in [1.54, 1.807) is 31.6 Å². The van der Waals surface area contributed by atoms with Gasteiger partial charge in [-0.2, -0.15) is 0 Å². The summed E-state index contributed by atoms with van der Waals surface area (Å²) in [5, 5.41) is 5.57. The van der Waals surface area contributed by atoms with Crippen molar-refractivity contribution in [2.24, 2.45) is 4.99 Å². The highest BCUT2D eigenvalue weighted by Crippen LogP contribution is 2.39. The van der Waals surface area contributed by atoms with E-state index in [4.69, 9.17) is 0 Å². The van der Waals surface area contributed by atoms with E-state index in [-0.39, 0.29) is 28.7 Å². The Bertz CT molecular complexity index is 1220. The van der Waals surface area contributed by atoms with E-state index in [1.807, 2.05) is 6.08 Å². The summed E-state index contributed by atoms with van der Waals surface area (Å²) < 4.78 is 27.9. The number of hydrogen-bond donors (Lipinski definition) is 2. The number of anilines is 2. The van der Waals surface area contributed by atoms with Gasteiger partial charge in [0.25, 0.3) is 11.8 Å². The van der Waals surface area contributed by atoms with Crippen LogP contribution in [-0.2, 0) is 0 Å². The molecule has 2 N–H and O–H groups in total. The maximum absolute atomic E-state index is 14.0. The zero-order valence-electron chi connectivity index (χ0n) is 20.8. The van der Waals surface area contributed by atoms with Gasteiger partial charge < -0.3 is 15.5 Å². The Kier molecular flexibility index (Phi) is 8.99. The normalized spacial score (nSPS) is 13.9. The molecule has 1 heterocycles. The van der Waals surface area contributed by atoms with Crippen molar-refractivity contribution in [3.63, 3.8) is 0 Å². The summed E-state index contributed by atoms with van der Waals surface area (Å²) in [4.78, 5) is 40.2. The number of rotatable bonds is 10. The summed E-state index contributed by atoms with van der Waals surface area (Å²) in [5.74, 6) is -3.32. The fraction of sp³-hybridized carbons (Fsp3) is 0.346. The molecule has 2 aromatic rings. The summed E-state index contributed by atoms with van der Waals surface area (Å²) in [6.45, 7) is 3.87. The molecule has 1 aliphatic carbocycles. The number of hydrogen-bond acceptors (Lipinski definition) is 6. The van der Waals surface area contributed by atoms with Crippen LogP contribution in [0.5, 0.6) is 0 Å². The van der Waals surface area contributed by atoms with Crippen LogP contribution in [0.4, 0.5) is 20.3 Å². The van der Waals surface area contributed by atoms with Crippen molar-refractivity contribution in [1.29, 1.82) is 0 Å². The van der Waals surface area contributed by atoms with Gasteiger partial charge in [0, 0.05) is 38.5 Å². The van der Waals surface area contributed by atoms with Crippen LogP contribution in [0.1, 0.15) is 72.0 Å². The quantitative estimate of drug-likeness (QED) is 0.436. The average Bonchev–Trinajstić information content (AvgIpc) is 3.70. The number of allylic oxidation sites excluding steroid dienone is 3. The first kappa shape index (κ1) is 26.7. The predicted molar refractivity (Wildman–Crippen MR) is 136 cm³/mol. The van der Waals surface area contributed by atoms with Crippen molar-refractivity contribution in [2.45, 2.75) is 45.4 Å². The fourth-order valence-electron chi connectivity index (χ4n) is 3.22. The molecule has 0 atom stereocenters. The standard InChI is InChI=1S/C26H30F2N6O2/c1-5-7-8-11-29-14-17(6-2)31-24-23(32-22(15-30-24)16-9-10-16)25(35)33-21-13-20(28)19(27)12-18(21)26(36)34(3)4/h6,8,11-16H,5,7,9-10H2,1-4H3,(H,30,31)(H,33,35)/b11-8+,17-6+,29-14+. The van der Waals surface area contributed by atoms with Crippen molar-refractivity contribution in [2.75, 3.05) is 24.7 Å². The molecule has 0 unspecified atom stereocenters. The van der Waals surface area contributed by atoms with E-state index in [1.165, 1.54) is 19.0 Å². The minimum atomic E-state index is -1.19. The van der Waals surface area contributed by atoms with Crippen LogP contribution in [0.25, 0.3) is 0 Å². The molecule has 190 valence electrons. The predicted octanol–water partition coefficient (Wildman–Crippen LogP) is 5.29. The topological polar surface area (TPSA) is 99.6 Å². The average molecular weight is 497 g/mol. The van der Waals surface area contributed by atoms with Crippen LogP contribution in [0.2, 0.25) is 0 Å². The molecule has 0 spiro atoms. The lowest BCUT2D eigenvalue weighted by molar-refractivity contribution is 0.0828. The van der Waals surface area contributed by atoms with Gasteiger partial charge in [0.05, 0.1) is 28.8 Å². The van der Waals surface area contributed by atoms with Crippen molar-refractivity contribution < 1.29 is 18.4 Å². The molecule has 10 heteroatoms. The third-order valence-electron chi connectivity index (χ3n) is 5.38. The molecule has 36 heavy (non-hydrogen) atoms. The molecule has 1 aliphatic rings. The van der Waals surface area contributed by atoms with Gasteiger partial charge in [-0.3, -0.25) is 14.6 Å². The van der Waals surface area contributed by atoms with Crippen molar-refractivity contribution in [3.05, 3.63) is 71.0 Å². The van der Waals surface area contributed by atoms with Gasteiger partial charge in [0.2, 0.25) is 0 Å². The van der Waals surface area contributed by atoms with Gasteiger partial charge in [-0.1, -0.05) is 25.5 Å². The van der Waals surface area contributed by atoms with Crippen LogP contribution in [0, 0.1) is 11.6 Å². The molecule has 0 saturated heterocycles. The summed E-state index contributed by atoms with van der Waals surface area (Å²) in [6.07, 6.45) is 12.4. The molecule has 2 amide bonds. The number of carbonyl (C=O) groups excluding carboxylic acids is 2. The van der Waals surface area contributed by atoms with Gasteiger partial charge in [0.1, 0.15) is 0 Å². The lowest BCUT2D eigenvalue weighted by atomic mass is 10.1. The van der Waals surface area contributed by atoms with E-state index >= 15 is 0 Å². The highest BCUT2D eigenvalue weighted by atomic mass is 19.2. The molecule has 8 nitrogen and oxygen atoms in total. The molecule has 1 fully saturated rings. The number of amides is 2. The number of nitrogens with one attached hydrogen (secondary N) is 2. The third-order valence-corrected chi connectivity index (χ3v) is 5.38. The molecule has 1 aromatic heterocycles. The number of halogens is 2. The minimum absolute atomic E-state index is 0.0401. The Balaban J connectivity index is 1.93. The second-order valence-corrected chi connectivity index (χ2v) is 8.55. The molecule has 0 radical (unpaired) electrons. The first-order chi connectivity index (χ1) is 17.2. The summed E-state index contributed by atoms with van der Waals surface area (Å²) in [6, 6.07) is 1.54. The van der Waals surface area contributed by atoms with E-state index < -0.39 is 23.4 Å². The highest BCUT2D eigenvalue weighted by molar-refractivity contribution is 6.10. The van der Waals surface area contributed by atoms with Gasteiger partial charge in [-0.25, -0.2) is 18.7 Å². The number of aliphatic imine (C=N–C) groups is 1. The van der Waals surface area contributed by atoms with E-state index in [9.17, 15) is 18.4 Å². The third kappa shape index (κ3) is 6.80. The van der Waals surface area contributed by atoms with Gasteiger partial charge in [-0.15, -0.1) is 0 Å². The van der Waals surface area contributed by atoms with Crippen LogP contribution >= 0.6 is 0 Å². The number of unbranched alkanes of at least 4 members (excludes halogenated alkanes) is 1. The van der Waals surface area contributed by atoms with E-state index in [0.29, 0.717) is 11.4 Å². The first-order valence-corrected chi connectivity index (χ1v) is 11.8. The Labute approximate surface area is 209 Å². The lowest BCUT2D eigenvalue weighted by Gasteiger charge is -2.16. The summed E-state index contributed by atoms with van der Waals surface area (Å²) >= 11 is 0. The molecular formula is C26H30F2N6O2. The largest absolute Gasteiger partial charge is 0.345 e. The second-order valence-electron chi connectivity index (χ2n) is 8.55. The van der Waals surface area contributed by atoms with Crippen LogP contribution in [0.15, 0.2) is 47.4 Å². The fourth-order valence-corrected chi connectivity index (χ4v) is 3.22. The number of nitrogens with zero attached hydrogens (tertiary/aromatic N) is 4. The van der Waals surface area contributed by atoms with Gasteiger partial charge in [0.15, 0.2) is 23.1 Å². The SMILES string of the molecule is C\C=C(/C=N/C=C/CCC)Nc1ncc(C2CC2)nc1C(=O)Nc1cc(F)c(F)cc1C(=O)N(C)C. The first-order valence-electron chi connectivity index (χ1n) is 11.8. The van der Waals surface area contributed by atoms with Crippen LogP contribution in [0.3, 0.4) is 0 Å². The number of benzene rings is 1. The van der Waals surface area contributed by atoms with Gasteiger partial charge in [-0.05, 0) is 32.3 Å². The summed E-state index contributed by atoms with van der Waals surface area (Å²) in [7, 11) is 2.94. The van der Waals surface area contributed by atoms with Crippen LogP contribution < -0.4 is 10.6 Å². The Morgan fingerprint density at radius 3 is 2.56 bits per heavy atom. The van der Waals surface area contributed by atoms with Crippen LogP contribution in [-0.4, -0.2) is 47.0 Å². The minimum Gasteiger partial charge on any atom is -0.345 e. The molecule has 1 aromatic carbocycles. The van der Waals surface area contributed by atoms with E-state index in [2.05, 4.69) is 32.5 Å². The lowest BCUT2D eigenvalue weighted by Crippen LogP contribution is -2.25. The summed E-state index contributed by atoms with van der Waals surface area (Å²) in [5.41, 5.74) is 0.847. The zero-order valence-corrected chi connectivity index (χ0v) is 20.8. The Morgan fingerprint density at radius 2 is 1.92 bits per heavy atom. The zero-order chi connectivity index (χ0) is 26.2. The highest BCUT2D eigenvalue weighted by Gasteiger charge is 2.28. The Morgan fingerprint density at radius 1 is 1.19 bits per heavy atom. The monoisotopic (exact) mass is 496 g/mol. The smallest absolute Gasteiger partial charge is 0.278 e. The molecule has 0 bridgehead atoms. The Hall–Kier alpha value is -3.95. The van der Waals surface area contributed by atoms with Gasteiger partial charge >= 0.3 is 0 Å². The number of carbonyl (C=O) groups is 2. The molecular weight excluding hydrogens is 466 g/mol. The molecule has 1 saturated carbocycles. The van der Waals surface area contributed by atoms with Crippen molar-refractivity contribution >= 4 is 29.5 Å². The second kappa shape index (κ2) is 12.1. The van der Waals surface area contributed by atoms with Crippen molar-refractivity contribution in [1.82, 2.24) is 14.9 Å². The number of aromatic nitrogens is 2. The van der Waals surface area contributed by atoms with E-state index in [0.717, 1.165) is 37.8 Å².